The molecular formula is C26H27Br2O3PS2. The summed E-state index contributed by atoms with van der Waals surface area (Å²) in [4.78, 5) is 1.88. The van der Waals surface area contributed by atoms with E-state index in [1.54, 1.807) is 11.8 Å². The van der Waals surface area contributed by atoms with Crippen LogP contribution in [0.5, 0.6) is 17.2 Å². The van der Waals surface area contributed by atoms with Crippen molar-refractivity contribution < 1.29 is 13.6 Å². The minimum Gasteiger partial charge on any atom is -0.407 e. The van der Waals surface area contributed by atoms with Crippen molar-refractivity contribution in [1.82, 2.24) is 0 Å². The molecular weight excluding hydrogens is 615 g/mol. The first-order valence-corrected chi connectivity index (χ1v) is 15.8. The van der Waals surface area contributed by atoms with E-state index >= 15 is 0 Å². The van der Waals surface area contributed by atoms with Gasteiger partial charge in [-0.15, -0.1) is 0 Å². The molecule has 1 aliphatic heterocycles. The number of fused-ring (bicyclic) bond motifs is 2. The summed E-state index contributed by atoms with van der Waals surface area (Å²) in [5, 5.41) is 0. The van der Waals surface area contributed by atoms with Crippen molar-refractivity contribution in [1.29, 1.82) is 0 Å². The van der Waals surface area contributed by atoms with Crippen LogP contribution in [0.2, 0.25) is 0 Å². The maximum atomic E-state index is 6.53. The van der Waals surface area contributed by atoms with Crippen LogP contribution in [0.25, 0.3) is 0 Å². The molecule has 0 N–H and O–H groups in total. The fourth-order valence-electron chi connectivity index (χ4n) is 3.47. The first kappa shape index (κ1) is 26.1. The second-order valence-electron chi connectivity index (χ2n) is 10.2. The van der Waals surface area contributed by atoms with Gasteiger partial charge in [0.1, 0.15) is 17.2 Å². The van der Waals surface area contributed by atoms with E-state index in [1.165, 1.54) is 5.56 Å². The van der Waals surface area contributed by atoms with Gasteiger partial charge in [-0.2, -0.15) is 0 Å². The van der Waals surface area contributed by atoms with Gasteiger partial charge in [-0.3, -0.25) is 0 Å². The molecule has 180 valence electrons. The van der Waals surface area contributed by atoms with Crippen LogP contribution >= 0.6 is 50.3 Å². The van der Waals surface area contributed by atoms with Crippen molar-refractivity contribution in [2.75, 3.05) is 0 Å². The molecule has 1 aliphatic rings. The van der Waals surface area contributed by atoms with Gasteiger partial charge >= 0.3 is 6.72 Å². The van der Waals surface area contributed by atoms with Gasteiger partial charge in [-0.25, -0.2) is 0 Å². The lowest BCUT2D eigenvalue weighted by Gasteiger charge is -2.31. The molecule has 0 spiro atoms. The Labute approximate surface area is 228 Å². The lowest BCUT2D eigenvalue weighted by Crippen LogP contribution is -2.18. The second-order valence-corrected chi connectivity index (χ2v) is 15.9. The van der Waals surface area contributed by atoms with Gasteiger partial charge in [-0.1, -0.05) is 97.3 Å². The molecule has 0 amide bonds. The molecule has 3 nitrogen and oxygen atoms in total. The Morgan fingerprint density at radius 2 is 1.29 bits per heavy atom. The van der Waals surface area contributed by atoms with Gasteiger partial charge in [0, 0.05) is 26.3 Å². The van der Waals surface area contributed by atoms with Crippen LogP contribution in [0.4, 0.5) is 0 Å². The molecule has 8 heteroatoms. The number of halogens is 2. The van der Waals surface area contributed by atoms with Crippen LogP contribution in [0.3, 0.4) is 0 Å². The molecule has 0 aliphatic carbocycles. The molecule has 0 fully saturated rings. The van der Waals surface area contributed by atoms with E-state index < -0.39 is 6.72 Å². The average molecular weight is 642 g/mol. The van der Waals surface area contributed by atoms with Crippen molar-refractivity contribution in [2.24, 2.45) is 0 Å². The largest absolute Gasteiger partial charge is 0.490 e. The van der Waals surface area contributed by atoms with Crippen LogP contribution in [-0.2, 0) is 22.6 Å². The van der Waals surface area contributed by atoms with Crippen molar-refractivity contribution in [3.63, 3.8) is 0 Å². The van der Waals surface area contributed by atoms with Crippen molar-refractivity contribution >= 4 is 62.1 Å². The zero-order chi connectivity index (χ0) is 24.9. The van der Waals surface area contributed by atoms with Gasteiger partial charge < -0.3 is 13.6 Å². The molecule has 0 unspecified atom stereocenters. The van der Waals surface area contributed by atoms with Crippen molar-refractivity contribution in [3.8, 4) is 17.2 Å². The van der Waals surface area contributed by atoms with Gasteiger partial charge in [-0.05, 0) is 58.9 Å². The Balaban J connectivity index is 1.83. The molecule has 0 atom stereocenters. The smallest absolute Gasteiger partial charge is 0.407 e. The third-order valence-corrected chi connectivity index (χ3v) is 9.31. The first-order valence-electron chi connectivity index (χ1n) is 10.8. The lowest BCUT2D eigenvalue weighted by molar-refractivity contribution is 0.370. The minimum atomic E-state index is -3.26. The number of rotatable bonds is 2. The SMILES string of the molecule is CC(C)(C)c1ccc(OP2(=S)Oc3ccc(Br)cc3Sc3cc(Br)ccc3O2)c(C(C)(C)C)c1. The van der Waals surface area contributed by atoms with Gasteiger partial charge in [0.2, 0.25) is 0 Å². The summed E-state index contributed by atoms with van der Waals surface area (Å²) >= 11 is 14.7. The van der Waals surface area contributed by atoms with Crippen molar-refractivity contribution in [2.45, 2.75) is 62.2 Å². The molecule has 0 saturated carbocycles. The summed E-state index contributed by atoms with van der Waals surface area (Å²) in [7, 11) is 0. The average Bonchev–Trinajstić information content (AvgIpc) is 2.70. The third kappa shape index (κ3) is 5.87. The Morgan fingerprint density at radius 1 is 0.765 bits per heavy atom. The first-order chi connectivity index (χ1) is 15.7. The Hall–Kier alpha value is -0.980. The predicted octanol–water partition coefficient (Wildman–Crippen LogP) is 10.0. The zero-order valence-electron chi connectivity index (χ0n) is 19.9. The highest BCUT2D eigenvalue weighted by Gasteiger charge is 2.34. The summed E-state index contributed by atoms with van der Waals surface area (Å²) in [6, 6.07) is 18.0. The zero-order valence-corrected chi connectivity index (χ0v) is 25.6. The maximum Gasteiger partial charge on any atom is 0.490 e. The molecule has 3 aromatic rings. The fourth-order valence-corrected chi connectivity index (χ4v) is 7.68. The quantitative estimate of drug-likeness (QED) is 0.260. The van der Waals surface area contributed by atoms with Crippen LogP contribution in [0.1, 0.15) is 52.7 Å². The van der Waals surface area contributed by atoms with E-state index in [0.717, 1.165) is 24.3 Å². The monoisotopic (exact) mass is 640 g/mol. The highest BCUT2D eigenvalue weighted by Crippen LogP contribution is 2.57. The molecule has 0 radical (unpaired) electrons. The predicted molar refractivity (Wildman–Crippen MR) is 152 cm³/mol. The van der Waals surface area contributed by atoms with Crippen LogP contribution in [-0.4, -0.2) is 0 Å². The topological polar surface area (TPSA) is 27.7 Å². The van der Waals surface area contributed by atoms with E-state index in [2.05, 4.69) is 85.5 Å². The molecule has 4 rings (SSSR count). The van der Waals surface area contributed by atoms with E-state index in [-0.39, 0.29) is 10.8 Å². The molecule has 0 aromatic heterocycles. The maximum absolute atomic E-state index is 6.53. The lowest BCUT2D eigenvalue weighted by atomic mass is 9.80. The molecule has 0 saturated heterocycles. The summed E-state index contributed by atoms with van der Waals surface area (Å²) < 4.78 is 21.2. The van der Waals surface area contributed by atoms with Crippen LogP contribution in [0, 0.1) is 0 Å². The molecule has 0 bridgehead atoms. The minimum absolute atomic E-state index is 0.0163. The Bertz CT molecular complexity index is 1240. The highest BCUT2D eigenvalue weighted by atomic mass is 79.9. The molecule has 34 heavy (non-hydrogen) atoms. The third-order valence-electron chi connectivity index (χ3n) is 5.32. The standard InChI is InChI=1S/C26H27Br2O3PS2/c1-25(2,3)16-7-10-20(19(13-16)26(4,5)6)29-32(33)30-21-11-8-17(27)14-23(21)34-24-15-18(28)9-12-22(24)31-32/h7-15H,1-6H3. The van der Waals surface area contributed by atoms with Crippen LogP contribution < -0.4 is 13.6 Å². The molecule has 3 aromatic carbocycles. The molecule has 1 heterocycles. The summed E-state index contributed by atoms with van der Waals surface area (Å²) in [6.45, 7) is 9.88. The summed E-state index contributed by atoms with van der Waals surface area (Å²) in [5.74, 6) is 1.98. The number of hydrogen-bond donors (Lipinski definition) is 0. The second kappa shape index (κ2) is 9.48. The number of hydrogen-bond acceptors (Lipinski definition) is 5. The van der Waals surface area contributed by atoms with E-state index in [9.17, 15) is 0 Å². The van der Waals surface area contributed by atoms with Gasteiger partial charge in [0.15, 0.2) is 0 Å². The Morgan fingerprint density at radius 3 is 1.76 bits per heavy atom. The van der Waals surface area contributed by atoms with Crippen LogP contribution in [0.15, 0.2) is 73.3 Å². The van der Waals surface area contributed by atoms with Gasteiger partial charge in [0.25, 0.3) is 0 Å². The number of benzene rings is 3. The van der Waals surface area contributed by atoms with E-state index in [0.29, 0.717) is 17.2 Å². The van der Waals surface area contributed by atoms with Crippen molar-refractivity contribution in [3.05, 3.63) is 74.7 Å². The normalized spacial score (nSPS) is 15.2. The summed E-state index contributed by atoms with van der Waals surface area (Å²) in [5.41, 5.74) is 2.17. The fraction of sp³-hybridized carbons (Fsp3) is 0.308. The van der Waals surface area contributed by atoms with E-state index in [4.69, 9.17) is 25.4 Å². The van der Waals surface area contributed by atoms with Gasteiger partial charge in [0.05, 0.1) is 9.79 Å². The highest BCUT2D eigenvalue weighted by molar-refractivity contribution is 9.10. The van der Waals surface area contributed by atoms with E-state index in [1.807, 2.05) is 42.5 Å². The Kier molecular flexibility index (Phi) is 7.27. The summed E-state index contributed by atoms with van der Waals surface area (Å²) in [6.07, 6.45) is 0.